The quantitative estimate of drug-likeness (QED) is 0.750. The highest BCUT2D eigenvalue weighted by atomic mass is 32.2. The molecule has 0 aromatic carbocycles. The highest BCUT2D eigenvalue weighted by Gasteiger charge is 2.00. The van der Waals surface area contributed by atoms with Gasteiger partial charge < -0.3 is 9.88 Å². The van der Waals surface area contributed by atoms with E-state index in [2.05, 4.69) is 28.0 Å². The van der Waals surface area contributed by atoms with Crippen molar-refractivity contribution in [2.24, 2.45) is 0 Å². The number of hydrogen-bond acceptors (Lipinski definition) is 3. The van der Waals surface area contributed by atoms with Gasteiger partial charge in [0.2, 0.25) is 0 Å². The van der Waals surface area contributed by atoms with E-state index >= 15 is 0 Å². The number of aryl methyl sites for hydroxylation is 1. The standard InChI is InChI=1S/C9H17N3S/c1-3-10-8-9-11-4-5-12(9)6-7-13-2/h4-5,10H,3,6-8H2,1-2H3. The summed E-state index contributed by atoms with van der Waals surface area (Å²) in [5, 5.41) is 3.28. The van der Waals surface area contributed by atoms with E-state index in [9.17, 15) is 0 Å². The summed E-state index contributed by atoms with van der Waals surface area (Å²) in [6.45, 7) is 5.03. The van der Waals surface area contributed by atoms with Crippen LogP contribution in [0.5, 0.6) is 0 Å². The van der Waals surface area contributed by atoms with Gasteiger partial charge >= 0.3 is 0 Å². The van der Waals surface area contributed by atoms with E-state index < -0.39 is 0 Å². The van der Waals surface area contributed by atoms with Crippen LogP contribution in [0.4, 0.5) is 0 Å². The molecular formula is C9H17N3S. The zero-order valence-corrected chi connectivity index (χ0v) is 9.10. The van der Waals surface area contributed by atoms with Crippen LogP contribution in [0.1, 0.15) is 12.7 Å². The largest absolute Gasteiger partial charge is 0.333 e. The molecule has 3 nitrogen and oxygen atoms in total. The monoisotopic (exact) mass is 199 g/mol. The first-order valence-electron chi connectivity index (χ1n) is 4.58. The number of imidazole rings is 1. The van der Waals surface area contributed by atoms with Crippen LogP contribution in [0.3, 0.4) is 0 Å². The van der Waals surface area contributed by atoms with Crippen molar-refractivity contribution in [3.05, 3.63) is 18.2 Å². The van der Waals surface area contributed by atoms with E-state index in [0.717, 1.165) is 31.2 Å². The first-order chi connectivity index (χ1) is 6.38. The van der Waals surface area contributed by atoms with Crippen LogP contribution in [0.15, 0.2) is 12.4 Å². The summed E-state index contributed by atoms with van der Waals surface area (Å²) in [4.78, 5) is 4.30. The summed E-state index contributed by atoms with van der Waals surface area (Å²) >= 11 is 1.86. The smallest absolute Gasteiger partial charge is 0.122 e. The maximum Gasteiger partial charge on any atom is 0.122 e. The molecule has 0 radical (unpaired) electrons. The van der Waals surface area contributed by atoms with E-state index in [-0.39, 0.29) is 0 Å². The molecule has 1 N–H and O–H groups in total. The Hall–Kier alpha value is -0.480. The normalized spacial score (nSPS) is 10.6. The van der Waals surface area contributed by atoms with Crippen LogP contribution >= 0.6 is 11.8 Å². The second-order valence-electron chi connectivity index (χ2n) is 2.81. The van der Waals surface area contributed by atoms with Gasteiger partial charge in [-0.05, 0) is 12.8 Å². The van der Waals surface area contributed by atoms with Crippen LogP contribution in [0.25, 0.3) is 0 Å². The minimum Gasteiger partial charge on any atom is -0.333 e. The fourth-order valence-electron chi connectivity index (χ4n) is 1.14. The second kappa shape index (κ2) is 6.05. The van der Waals surface area contributed by atoms with Gasteiger partial charge in [0.1, 0.15) is 5.82 Å². The number of thioether (sulfide) groups is 1. The average Bonchev–Trinajstić information content (AvgIpc) is 2.59. The van der Waals surface area contributed by atoms with Gasteiger partial charge in [0.05, 0.1) is 6.54 Å². The molecule has 1 rings (SSSR count). The van der Waals surface area contributed by atoms with Gasteiger partial charge in [0.15, 0.2) is 0 Å². The molecule has 0 aliphatic rings. The first-order valence-corrected chi connectivity index (χ1v) is 5.97. The van der Waals surface area contributed by atoms with Crippen molar-refractivity contribution in [3.8, 4) is 0 Å². The third-order valence-corrected chi connectivity index (χ3v) is 2.46. The molecular weight excluding hydrogens is 182 g/mol. The van der Waals surface area contributed by atoms with Crippen molar-refractivity contribution in [2.75, 3.05) is 18.6 Å². The van der Waals surface area contributed by atoms with E-state index in [1.165, 1.54) is 0 Å². The summed E-state index contributed by atoms with van der Waals surface area (Å²) in [7, 11) is 0. The van der Waals surface area contributed by atoms with Crippen LogP contribution < -0.4 is 5.32 Å². The summed E-state index contributed by atoms with van der Waals surface area (Å²) in [6.07, 6.45) is 6.04. The molecule has 0 fully saturated rings. The molecule has 1 heterocycles. The molecule has 13 heavy (non-hydrogen) atoms. The lowest BCUT2D eigenvalue weighted by Crippen LogP contribution is -2.16. The molecule has 1 aromatic rings. The number of nitrogens with zero attached hydrogens (tertiary/aromatic N) is 2. The molecule has 0 aliphatic carbocycles. The van der Waals surface area contributed by atoms with Gasteiger partial charge in [-0.3, -0.25) is 0 Å². The molecule has 4 heteroatoms. The van der Waals surface area contributed by atoms with Crippen molar-refractivity contribution in [2.45, 2.75) is 20.0 Å². The van der Waals surface area contributed by atoms with E-state index in [1.54, 1.807) is 0 Å². The summed E-state index contributed by atoms with van der Waals surface area (Å²) < 4.78 is 2.21. The Labute approximate surface area is 83.9 Å². The van der Waals surface area contributed by atoms with Gasteiger partial charge in [-0.15, -0.1) is 0 Å². The van der Waals surface area contributed by atoms with Crippen molar-refractivity contribution in [1.29, 1.82) is 0 Å². The molecule has 1 aromatic heterocycles. The Balaban J connectivity index is 2.45. The third-order valence-electron chi connectivity index (χ3n) is 1.87. The molecule has 74 valence electrons. The average molecular weight is 199 g/mol. The molecule has 0 spiro atoms. The fraction of sp³-hybridized carbons (Fsp3) is 0.667. The van der Waals surface area contributed by atoms with Gasteiger partial charge in [0.25, 0.3) is 0 Å². The zero-order chi connectivity index (χ0) is 9.52. The summed E-state index contributed by atoms with van der Waals surface area (Å²) in [5.74, 6) is 2.28. The fourth-order valence-corrected chi connectivity index (χ4v) is 1.52. The van der Waals surface area contributed by atoms with E-state index in [4.69, 9.17) is 0 Å². The molecule has 0 aliphatic heterocycles. The topological polar surface area (TPSA) is 29.9 Å². The van der Waals surface area contributed by atoms with E-state index in [1.807, 2.05) is 24.2 Å². The summed E-state index contributed by atoms with van der Waals surface area (Å²) in [6, 6.07) is 0. The number of rotatable bonds is 6. The van der Waals surface area contributed by atoms with Crippen molar-refractivity contribution in [3.63, 3.8) is 0 Å². The van der Waals surface area contributed by atoms with Crippen molar-refractivity contribution >= 4 is 11.8 Å². The minimum absolute atomic E-state index is 0.873. The van der Waals surface area contributed by atoms with Crippen molar-refractivity contribution < 1.29 is 0 Å². The first kappa shape index (κ1) is 10.6. The number of aromatic nitrogens is 2. The maximum atomic E-state index is 4.30. The van der Waals surface area contributed by atoms with Crippen LogP contribution in [-0.2, 0) is 13.1 Å². The molecule has 0 saturated carbocycles. The summed E-state index contributed by atoms with van der Waals surface area (Å²) in [5.41, 5.74) is 0. The molecule has 0 atom stereocenters. The highest BCUT2D eigenvalue weighted by Crippen LogP contribution is 2.00. The highest BCUT2D eigenvalue weighted by molar-refractivity contribution is 7.98. The van der Waals surface area contributed by atoms with Gasteiger partial charge in [0, 0.05) is 24.7 Å². The molecule has 0 saturated heterocycles. The predicted octanol–water partition coefficient (Wildman–Crippen LogP) is 1.36. The van der Waals surface area contributed by atoms with Crippen LogP contribution in [0.2, 0.25) is 0 Å². The van der Waals surface area contributed by atoms with Crippen molar-refractivity contribution in [1.82, 2.24) is 14.9 Å². The predicted molar refractivity (Wildman–Crippen MR) is 58.0 cm³/mol. The molecule has 0 bridgehead atoms. The number of hydrogen-bond donors (Lipinski definition) is 1. The van der Waals surface area contributed by atoms with Gasteiger partial charge in [-0.2, -0.15) is 11.8 Å². The second-order valence-corrected chi connectivity index (χ2v) is 3.80. The Morgan fingerprint density at radius 3 is 3.15 bits per heavy atom. The van der Waals surface area contributed by atoms with Crippen LogP contribution in [-0.4, -0.2) is 28.1 Å². The Bertz CT molecular complexity index is 212. The minimum atomic E-state index is 0.873. The van der Waals surface area contributed by atoms with Gasteiger partial charge in [-0.1, -0.05) is 6.92 Å². The molecule has 0 unspecified atom stereocenters. The Morgan fingerprint density at radius 2 is 2.46 bits per heavy atom. The maximum absolute atomic E-state index is 4.30. The van der Waals surface area contributed by atoms with Gasteiger partial charge in [-0.25, -0.2) is 4.98 Å². The number of nitrogens with one attached hydrogen (secondary N) is 1. The Morgan fingerprint density at radius 1 is 1.62 bits per heavy atom. The molecule has 0 amide bonds. The van der Waals surface area contributed by atoms with E-state index in [0.29, 0.717) is 0 Å². The lowest BCUT2D eigenvalue weighted by atomic mass is 10.5. The third kappa shape index (κ3) is 3.40. The zero-order valence-electron chi connectivity index (χ0n) is 8.29. The lowest BCUT2D eigenvalue weighted by Gasteiger charge is -2.06. The lowest BCUT2D eigenvalue weighted by molar-refractivity contribution is 0.631. The van der Waals surface area contributed by atoms with Crippen LogP contribution in [0, 0.1) is 0 Å². The Kier molecular flexibility index (Phi) is 4.93. The SMILES string of the molecule is CCNCc1nccn1CCSC.